The van der Waals surface area contributed by atoms with Gasteiger partial charge in [-0.15, -0.1) is 0 Å². The number of carbonyl (C=O) groups is 1. The molecule has 3 rings (SSSR count). The highest BCUT2D eigenvalue weighted by molar-refractivity contribution is 6.33. The van der Waals surface area contributed by atoms with Gasteiger partial charge in [0.05, 0.1) is 30.5 Å². The molecule has 0 radical (unpaired) electrons. The van der Waals surface area contributed by atoms with Crippen molar-refractivity contribution in [3.63, 3.8) is 0 Å². The van der Waals surface area contributed by atoms with Gasteiger partial charge in [-0.05, 0) is 24.5 Å². The predicted molar refractivity (Wildman–Crippen MR) is 102 cm³/mol. The maximum atomic E-state index is 12.7. The lowest BCUT2D eigenvalue weighted by Crippen LogP contribution is -2.38. The highest BCUT2D eigenvalue weighted by Crippen LogP contribution is 2.19. The van der Waals surface area contributed by atoms with Crippen LogP contribution < -0.4 is 10.2 Å². The number of ether oxygens (including phenoxy) is 1. The minimum atomic E-state index is -0.307. The van der Waals surface area contributed by atoms with Gasteiger partial charge in [-0.3, -0.25) is 4.79 Å². The molecule has 7 heteroatoms. The van der Waals surface area contributed by atoms with Crippen molar-refractivity contribution in [2.45, 2.75) is 26.3 Å². The van der Waals surface area contributed by atoms with Crippen LogP contribution in [0.15, 0.2) is 30.5 Å². The standard InChI is InChI=1S/C19H23ClN4O2/c1-3-14-4-6-15(7-5-14)13(2)22-18(25)17-16(20)12-21-19(23-17)24-8-10-26-11-9-24/h4-7,12-13H,3,8-11H2,1-2H3,(H,22,25)/t13-/m0/s1. The van der Waals surface area contributed by atoms with Crippen LogP contribution in [-0.4, -0.2) is 42.2 Å². The van der Waals surface area contributed by atoms with Crippen molar-refractivity contribution in [3.8, 4) is 0 Å². The zero-order chi connectivity index (χ0) is 18.5. The van der Waals surface area contributed by atoms with Gasteiger partial charge in [0.2, 0.25) is 5.95 Å². The fourth-order valence-electron chi connectivity index (χ4n) is 2.82. The number of benzene rings is 1. The Morgan fingerprint density at radius 3 is 2.65 bits per heavy atom. The number of nitrogens with zero attached hydrogens (tertiary/aromatic N) is 3. The van der Waals surface area contributed by atoms with Gasteiger partial charge >= 0.3 is 0 Å². The molecule has 0 spiro atoms. The van der Waals surface area contributed by atoms with E-state index >= 15 is 0 Å². The summed E-state index contributed by atoms with van der Waals surface area (Å²) in [6.45, 7) is 6.70. The van der Waals surface area contributed by atoms with E-state index in [1.807, 2.05) is 24.0 Å². The number of rotatable bonds is 5. The molecule has 0 aliphatic carbocycles. The van der Waals surface area contributed by atoms with Gasteiger partial charge in [-0.2, -0.15) is 0 Å². The number of hydrogen-bond donors (Lipinski definition) is 1. The number of anilines is 1. The van der Waals surface area contributed by atoms with Crippen molar-refractivity contribution in [3.05, 3.63) is 52.3 Å². The fraction of sp³-hybridized carbons (Fsp3) is 0.421. The van der Waals surface area contributed by atoms with Crippen molar-refractivity contribution in [2.75, 3.05) is 31.2 Å². The van der Waals surface area contributed by atoms with Gasteiger partial charge in [-0.1, -0.05) is 42.8 Å². The van der Waals surface area contributed by atoms with E-state index in [-0.39, 0.29) is 22.7 Å². The Labute approximate surface area is 158 Å². The fourth-order valence-corrected chi connectivity index (χ4v) is 3.00. The Hall–Kier alpha value is -2.18. The van der Waals surface area contributed by atoms with Gasteiger partial charge in [0.15, 0.2) is 5.69 Å². The maximum absolute atomic E-state index is 12.7. The molecule has 1 atom stereocenters. The Bertz CT molecular complexity index is 761. The Morgan fingerprint density at radius 2 is 2.00 bits per heavy atom. The molecule has 1 aliphatic heterocycles. The van der Waals surface area contributed by atoms with Crippen LogP contribution >= 0.6 is 11.6 Å². The molecule has 138 valence electrons. The van der Waals surface area contributed by atoms with Crippen LogP contribution in [0.5, 0.6) is 0 Å². The molecule has 1 N–H and O–H groups in total. The number of amides is 1. The van der Waals surface area contributed by atoms with E-state index in [0.29, 0.717) is 32.3 Å². The second-order valence-corrected chi connectivity index (χ2v) is 6.66. The molecule has 0 unspecified atom stereocenters. The van der Waals surface area contributed by atoms with Crippen LogP contribution in [0.25, 0.3) is 0 Å². The summed E-state index contributed by atoms with van der Waals surface area (Å²) >= 11 is 6.17. The van der Waals surface area contributed by atoms with Gasteiger partial charge in [0.25, 0.3) is 5.91 Å². The molecule has 1 saturated heterocycles. The van der Waals surface area contributed by atoms with Crippen molar-refractivity contribution in [2.24, 2.45) is 0 Å². The first kappa shape index (κ1) is 18.6. The quantitative estimate of drug-likeness (QED) is 0.871. The molecule has 1 amide bonds. The van der Waals surface area contributed by atoms with Crippen LogP contribution in [0.3, 0.4) is 0 Å². The molecule has 1 fully saturated rings. The van der Waals surface area contributed by atoms with Crippen molar-refractivity contribution < 1.29 is 9.53 Å². The Morgan fingerprint density at radius 1 is 1.31 bits per heavy atom. The number of nitrogens with one attached hydrogen (secondary N) is 1. The molecule has 26 heavy (non-hydrogen) atoms. The third kappa shape index (κ3) is 4.31. The minimum Gasteiger partial charge on any atom is -0.378 e. The first-order valence-electron chi connectivity index (χ1n) is 8.83. The number of aryl methyl sites for hydroxylation is 1. The topological polar surface area (TPSA) is 67.4 Å². The second kappa shape index (κ2) is 8.47. The lowest BCUT2D eigenvalue weighted by atomic mass is 10.0. The summed E-state index contributed by atoms with van der Waals surface area (Å²) in [5.41, 5.74) is 2.50. The molecule has 0 bridgehead atoms. The highest BCUT2D eigenvalue weighted by atomic mass is 35.5. The molecular weight excluding hydrogens is 352 g/mol. The SMILES string of the molecule is CCc1ccc([C@H](C)NC(=O)c2nc(N3CCOCC3)ncc2Cl)cc1. The molecule has 1 aliphatic rings. The number of morpholine rings is 1. The first-order valence-corrected chi connectivity index (χ1v) is 9.21. The van der Waals surface area contributed by atoms with E-state index in [0.717, 1.165) is 12.0 Å². The summed E-state index contributed by atoms with van der Waals surface area (Å²) in [7, 11) is 0. The summed E-state index contributed by atoms with van der Waals surface area (Å²) in [6, 6.07) is 8.07. The predicted octanol–water partition coefficient (Wildman–Crippen LogP) is 3.02. The maximum Gasteiger partial charge on any atom is 0.272 e. The van der Waals surface area contributed by atoms with Crippen LogP contribution in [0.1, 0.15) is 41.5 Å². The summed E-state index contributed by atoms with van der Waals surface area (Å²) in [5.74, 6) is 0.196. The number of halogens is 1. The van der Waals surface area contributed by atoms with E-state index in [1.54, 1.807) is 0 Å². The van der Waals surface area contributed by atoms with Crippen LogP contribution in [-0.2, 0) is 11.2 Å². The van der Waals surface area contributed by atoms with Crippen molar-refractivity contribution >= 4 is 23.5 Å². The van der Waals surface area contributed by atoms with E-state index < -0.39 is 0 Å². The summed E-state index contributed by atoms with van der Waals surface area (Å²) < 4.78 is 5.34. The van der Waals surface area contributed by atoms with E-state index in [9.17, 15) is 4.79 Å². The van der Waals surface area contributed by atoms with Crippen molar-refractivity contribution in [1.29, 1.82) is 0 Å². The normalized spacial score (nSPS) is 15.6. The zero-order valence-corrected chi connectivity index (χ0v) is 15.8. The van der Waals surface area contributed by atoms with Crippen LogP contribution in [0, 0.1) is 0 Å². The third-order valence-electron chi connectivity index (χ3n) is 4.48. The largest absolute Gasteiger partial charge is 0.378 e. The molecule has 1 aromatic carbocycles. The highest BCUT2D eigenvalue weighted by Gasteiger charge is 2.20. The summed E-state index contributed by atoms with van der Waals surface area (Å²) in [4.78, 5) is 23.3. The minimum absolute atomic E-state index is 0.147. The zero-order valence-electron chi connectivity index (χ0n) is 15.0. The number of aromatic nitrogens is 2. The molecule has 2 heterocycles. The second-order valence-electron chi connectivity index (χ2n) is 6.26. The third-order valence-corrected chi connectivity index (χ3v) is 4.75. The van der Waals surface area contributed by atoms with E-state index in [2.05, 4.69) is 34.3 Å². The molecule has 6 nitrogen and oxygen atoms in total. The van der Waals surface area contributed by atoms with Gasteiger partial charge in [-0.25, -0.2) is 9.97 Å². The average molecular weight is 375 g/mol. The van der Waals surface area contributed by atoms with Crippen molar-refractivity contribution in [1.82, 2.24) is 15.3 Å². The van der Waals surface area contributed by atoms with Crippen LogP contribution in [0.4, 0.5) is 5.95 Å². The average Bonchev–Trinajstić information content (AvgIpc) is 2.69. The number of carbonyl (C=O) groups excluding carboxylic acids is 1. The Kier molecular flexibility index (Phi) is 6.06. The lowest BCUT2D eigenvalue weighted by Gasteiger charge is -2.27. The molecular formula is C19H23ClN4O2. The Balaban J connectivity index is 1.73. The molecule has 0 saturated carbocycles. The van der Waals surface area contributed by atoms with Gasteiger partial charge in [0.1, 0.15) is 0 Å². The lowest BCUT2D eigenvalue weighted by molar-refractivity contribution is 0.0934. The van der Waals surface area contributed by atoms with E-state index in [4.69, 9.17) is 16.3 Å². The molecule has 1 aromatic heterocycles. The number of hydrogen-bond acceptors (Lipinski definition) is 5. The summed E-state index contributed by atoms with van der Waals surface area (Å²) in [5, 5.41) is 3.21. The van der Waals surface area contributed by atoms with Gasteiger partial charge < -0.3 is 15.0 Å². The van der Waals surface area contributed by atoms with Gasteiger partial charge in [0, 0.05) is 13.1 Å². The first-order chi connectivity index (χ1) is 12.6. The summed E-state index contributed by atoms with van der Waals surface area (Å²) in [6.07, 6.45) is 2.47. The molecule has 2 aromatic rings. The van der Waals surface area contributed by atoms with Crippen LogP contribution in [0.2, 0.25) is 5.02 Å². The van der Waals surface area contributed by atoms with E-state index in [1.165, 1.54) is 11.8 Å². The smallest absolute Gasteiger partial charge is 0.272 e. The monoisotopic (exact) mass is 374 g/mol.